The number of aromatic amines is 1. The van der Waals surface area contributed by atoms with Crippen molar-refractivity contribution in [1.82, 2.24) is 10.2 Å². The van der Waals surface area contributed by atoms with E-state index in [0.717, 1.165) is 16.7 Å². The van der Waals surface area contributed by atoms with E-state index in [1.54, 1.807) is 0 Å². The number of aryl methyl sites for hydroxylation is 2. The molecule has 1 N–H and O–H groups in total. The molecule has 0 saturated carbocycles. The molecular weight excluding hydrogens is 206 g/mol. The lowest BCUT2D eigenvalue weighted by molar-refractivity contribution is -0.384. The van der Waals surface area contributed by atoms with E-state index in [-0.39, 0.29) is 5.69 Å². The number of rotatable bonds is 2. The molecule has 1 aromatic carbocycles. The lowest BCUT2D eigenvalue weighted by atomic mass is 10.0. The molecule has 16 heavy (non-hydrogen) atoms. The van der Waals surface area contributed by atoms with Crippen LogP contribution in [0.15, 0.2) is 24.4 Å². The third-order valence-electron chi connectivity index (χ3n) is 2.47. The summed E-state index contributed by atoms with van der Waals surface area (Å²) in [6.07, 6.45) is 1.23. The molecule has 0 fully saturated rings. The Morgan fingerprint density at radius 2 is 2.12 bits per heavy atom. The Morgan fingerprint density at radius 1 is 1.38 bits per heavy atom. The highest BCUT2D eigenvalue weighted by Gasteiger charge is 2.18. The molecule has 0 aliphatic carbocycles. The van der Waals surface area contributed by atoms with E-state index in [0.29, 0.717) is 5.69 Å². The summed E-state index contributed by atoms with van der Waals surface area (Å²) in [6.45, 7) is 3.91. The van der Waals surface area contributed by atoms with Gasteiger partial charge in [-0.05, 0) is 19.4 Å². The van der Waals surface area contributed by atoms with Crippen molar-refractivity contribution in [2.45, 2.75) is 13.8 Å². The fourth-order valence-electron chi connectivity index (χ4n) is 1.71. The van der Waals surface area contributed by atoms with E-state index in [2.05, 4.69) is 10.2 Å². The average molecular weight is 217 g/mol. The summed E-state index contributed by atoms with van der Waals surface area (Å²) in [5, 5.41) is 17.2. The van der Waals surface area contributed by atoms with Crippen molar-refractivity contribution in [2.75, 3.05) is 0 Å². The van der Waals surface area contributed by atoms with Gasteiger partial charge in [0.1, 0.15) is 11.9 Å². The van der Waals surface area contributed by atoms with Crippen molar-refractivity contribution < 1.29 is 4.92 Å². The van der Waals surface area contributed by atoms with Gasteiger partial charge in [0, 0.05) is 5.56 Å². The molecule has 1 heterocycles. The Balaban J connectivity index is 2.59. The molecule has 0 radical (unpaired) electrons. The van der Waals surface area contributed by atoms with Crippen molar-refractivity contribution in [3.8, 4) is 11.3 Å². The van der Waals surface area contributed by atoms with E-state index in [4.69, 9.17) is 0 Å². The molecule has 5 nitrogen and oxygen atoms in total. The fourth-order valence-corrected chi connectivity index (χ4v) is 1.71. The van der Waals surface area contributed by atoms with Crippen molar-refractivity contribution in [1.29, 1.82) is 0 Å². The van der Waals surface area contributed by atoms with Crippen LogP contribution in [-0.2, 0) is 0 Å². The average Bonchev–Trinajstić information content (AvgIpc) is 2.66. The number of aromatic nitrogens is 2. The van der Waals surface area contributed by atoms with Gasteiger partial charge in [0.15, 0.2) is 0 Å². The molecule has 0 bridgehead atoms. The van der Waals surface area contributed by atoms with E-state index in [1.165, 1.54) is 6.20 Å². The van der Waals surface area contributed by atoms with E-state index < -0.39 is 4.92 Å². The topological polar surface area (TPSA) is 71.8 Å². The van der Waals surface area contributed by atoms with Crippen LogP contribution in [0.25, 0.3) is 11.3 Å². The van der Waals surface area contributed by atoms with Gasteiger partial charge in [0.05, 0.1) is 4.92 Å². The Kier molecular flexibility index (Phi) is 2.44. The maximum Gasteiger partial charge on any atom is 0.314 e. The summed E-state index contributed by atoms with van der Waals surface area (Å²) < 4.78 is 0. The second kappa shape index (κ2) is 3.77. The van der Waals surface area contributed by atoms with Crippen molar-refractivity contribution in [3.63, 3.8) is 0 Å². The van der Waals surface area contributed by atoms with Gasteiger partial charge in [-0.25, -0.2) is 0 Å². The van der Waals surface area contributed by atoms with Gasteiger partial charge in [0.25, 0.3) is 0 Å². The molecule has 0 aliphatic heterocycles. The first-order chi connectivity index (χ1) is 7.59. The summed E-state index contributed by atoms with van der Waals surface area (Å²) >= 11 is 0. The molecule has 0 atom stereocenters. The molecule has 1 aromatic heterocycles. The number of H-pyrrole nitrogens is 1. The normalized spacial score (nSPS) is 10.4. The van der Waals surface area contributed by atoms with Crippen LogP contribution in [0.1, 0.15) is 11.1 Å². The predicted octanol–water partition coefficient (Wildman–Crippen LogP) is 2.60. The molecule has 0 amide bonds. The van der Waals surface area contributed by atoms with Gasteiger partial charge in [-0.1, -0.05) is 23.8 Å². The van der Waals surface area contributed by atoms with E-state index in [1.807, 2.05) is 32.0 Å². The third-order valence-corrected chi connectivity index (χ3v) is 2.47. The Hall–Kier alpha value is -2.17. The number of hydrogen-bond acceptors (Lipinski definition) is 3. The highest BCUT2D eigenvalue weighted by Crippen LogP contribution is 2.29. The zero-order valence-corrected chi connectivity index (χ0v) is 9.02. The molecular formula is C11H11N3O2. The van der Waals surface area contributed by atoms with Gasteiger partial charge in [0.2, 0.25) is 0 Å². The Bertz CT molecular complexity index is 546. The lowest BCUT2D eigenvalue weighted by Gasteiger charge is -2.03. The molecule has 2 aromatic rings. The highest BCUT2D eigenvalue weighted by atomic mass is 16.6. The minimum Gasteiger partial charge on any atom is -0.271 e. The number of hydrogen-bond donors (Lipinski definition) is 1. The van der Waals surface area contributed by atoms with Gasteiger partial charge >= 0.3 is 5.69 Å². The van der Waals surface area contributed by atoms with Crippen molar-refractivity contribution >= 4 is 5.69 Å². The Labute approximate surface area is 92.3 Å². The summed E-state index contributed by atoms with van der Waals surface area (Å²) in [6, 6.07) is 5.78. The monoisotopic (exact) mass is 217 g/mol. The molecule has 0 aliphatic rings. The number of nitro groups is 1. The maximum atomic E-state index is 10.8. The smallest absolute Gasteiger partial charge is 0.271 e. The lowest BCUT2D eigenvalue weighted by Crippen LogP contribution is -1.91. The van der Waals surface area contributed by atoms with Crippen LogP contribution in [0.3, 0.4) is 0 Å². The van der Waals surface area contributed by atoms with E-state index in [9.17, 15) is 10.1 Å². The van der Waals surface area contributed by atoms with Gasteiger partial charge in [-0.15, -0.1) is 0 Å². The number of benzene rings is 1. The Morgan fingerprint density at radius 3 is 2.75 bits per heavy atom. The van der Waals surface area contributed by atoms with Crippen LogP contribution in [0.5, 0.6) is 0 Å². The van der Waals surface area contributed by atoms with Crippen LogP contribution in [-0.4, -0.2) is 15.1 Å². The second-order valence-corrected chi connectivity index (χ2v) is 3.71. The van der Waals surface area contributed by atoms with Crippen molar-refractivity contribution in [2.24, 2.45) is 0 Å². The van der Waals surface area contributed by atoms with Gasteiger partial charge in [-0.3, -0.25) is 15.2 Å². The van der Waals surface area contributed by atoms with Gasteiger partial charge < -0.3 is 0 Å². The predicted molar refractivity (Wildman–Crippen MR) is 60.2 cm³/mol. The van der Waals surface area contributed by atoms with Gasteiger partial charge in [-0.2, -0.15) is 5.10 Å². The molecule has 2 rings (SSSR count). The highest BCUT2D eigenvalue weighted by molar-refractivity contribution is 5.71. The standard InChI is InChI=1S/C11H11N3O2/c1-7-3-4-9(8(2)5-7)11-10(14(15)16)6-12-13-11/h3-6H,1-2H3,(H,12,13). The fraction of sp³-hybridized carbons (Fsp3) is 0.182. The summed E-state index contributed by atoms with van der Waals surface area (Å²) in [5.41, 5.74) is 3.40. The largest absolute Gasteiger partial charge is 0.314 e. The first kappa shape index (κ1) is 10.4. The van der Waals surface area contributed by atoms with Crippen LogP contribution in [0, 0.1) is 24.0 Å². The van der Waals surface area contributed by atoms with Crippen LogP contribution >= 0.6 is 0 Å². The summed E-state index contributed by atoms with van der Waals surface area (Å²) in [7, 11) is 0. The third kappa shape index (κ3) is 1.67. The van der Waals surface area contributed by atoms with Crippen molar-refractivity contribution in [3.05, 3.63) is 45.6 Å². The second-order valence-electron chi connectivity index (χ2n) is 3.71. The number of nitrogens with one attached hydrogen (secondary N) is 1. The zero-order chi connectivity index (χ0) is 11.7. The van der Waals surface area contributed by atoms with Crippen LogP contribution in [0.4, 0.5) is 5.69 Å². The molecule has 82 valence electrons. The number of nitrogens with zero attached hydrogens (tertiary/aromatic N) is 2. The zero-order valence-electron chi connectivity index (χ0n) is 9.02. The molecule has 0 spiro atoms. The first-order valence-electron chi connectivity index (χ1n) is 4.85. The molecule has 0 unspecified atom stereocenters. The maximum absolute atomic E-state index is 10.8. The summed E-state index contributed by atoms with van der Waals surface area (Å²) in [5.74, 6) is 0. The minimum absolute atomic E-state index is 0.00644. The minimum atomic E-state index is -0.432. The molecule has 0 saturated heterocycles. The first-order valence-corrected chi connectivity index (χ1v) is 4.85. The SMILES string of the molecule is Cc1ccc(-c2[nH]ncc2[N+](=O)[O-])c(C)c1. The molecule has 5 heteroatoms. The summed E-state index contributed by atoms with van der Waals surface area (Å²) in [4.78, 5) is 10.3. The van der Waals surface area contributed by atoms with E-state index >= 15 is 0 Å². The van der Waals surface area contributed by atoms with Crippen LogP contribution < -0.4 is 0 Å². The van der Waals surface area contributed by atoms with Crippen LogP contribution in [0.2, 0.25) is 0 Å². The quantitative estimate of drug-likeness (QED) is 0.620.